The number of aromatic nitrogens is 1. The van der Waals surface area contributed by atoms with Crippen molar-refractivity contribution in [2.75, 3.05) is 0 Å². The topological polar surface area (TPSA) is 42.2 Å². The molecule has 1 aliphatic rings. The summed E-state index contributed by atoms with van der Waals surface area (Å²) in [6, 6.07) is 4.83. The molecule has 18 heavy (non-hydrogen) atoms. The molecule has 2 heterocycles. The molecular weight excluding hydrogens is 301 g/mol. The van der Waals surface area contributed by atoms with Crippen LogP contribution in [0.15, 0.2) is 22.7 Å². The summed E-state index contributed by atoms with van der Waals surface area (Å²) >= 11 is 3.37. The summed E-state index contributed by atoms with van der Waals surface area (Å²) in [5, 5.41) is 9.76. The van der Waals surface area contributed by atoms with E-state index in [2.05, 4.69) is 15.9 Å². The van der Waals surface area contributed by atoms with E-state index in [0.29, 0.717) is 4.47 Å². The second-order valence-electron chi connectivity index (χ2n) is 4.62. The number of nitrogens with zero attached hydrogens (tertiary/aromatic N) is 1. The highest BCUT2D eigenvalue weighted by molar-refractivity contribution is 9.10. The fourth-order valence-electron chi connectivity index (χ4n) is 2.79. The van der Waals surface area contributed by atoms with Crippen LogP contribution in [0.1, 0.15) is 24.6 Å². The molecule has 94 valence electrons. The highest BCUT2D eigenvalue weighted by Crippen LogP contribution is 2.38. The summed E-state index contributed by atoms with van der Waals surface area (Å²) in [5.74, 6) is -1.08. The Labute approximate surface area is 111 Å². The van der Waals surface area contributed by atoms with Gasteiger partial charge in [0.05, 0.1) is 11.9 Å². The van der Waals surface area contributed by atoms with Gasteiger partial charge in [-0.3, -0.25) is 4.79 Å². The highest BCUT2D eigenvalue weighted by atomic mass is 79.9. The van der Waals surface area contributed by atoms with Crippen LogP contribution < -0.4 is 0 Å². The van der Waals surface area contributed by atoms with E-state index in [1.807, 2.05) is 10.6 Å². The van der Waals surface area contributed by atoms with Crippen molar-refractivity contribution in [3.8, 4) is 0 Å². The Hall–Kier alpha value is -1.36. The van der Waals surface area contributed by atoms with Crippen molar-refractivity contribution < 1.29 is 14.3 Å². The van der Waals surface area contributed by atoms with Gasteiger partial charge in [-0.2, -0.15) is 0 Å². The molecule has 1 atom stereocenters. The van der Waals surface area contributed by atoms with Gasteiger partial charge in [-0.15, -0.1) is 0 Å². The van der Waals surface area contributed by atoms with Crippen LogP contribution in [0.2, 0.25) is 0 Å². The predicted octanol–water partition coefficient (Wildman–Crippen LogP) is 3.50. The maximum absolute atomic E-state index is 13.3. The second kappa shape index (κ2) is 4.09. The minimum atomic E-state index is -0.798. The number of carbonyl (C=O) groups is 1. The normalized spacial score (nSPS) is 18.2. The van der Waals surface area contributed by atoms with E-state index in [9.17, 15) is 9.18 Å². The van der Waals surface area contributed by atoms with Gasteiger partial charge in [0.2, 0.25) is 0 Å². The van der Waals surface area contributed by atoms with E-state index < -0.39 is 5.97 Å². The van der Waals surface area contributed by atoms with E-state index in [0.717, 1.165) is 29.4 Å². The summed E-state index contributed by atoms with van der Waals surface area (Å²) in [6.45, 7) is 0. The lowest BCUT2D eigenvalue weighted by Gasteiger charge is -2.13. The molecule has 1 aromatic heterocycles. The van der Waals surface area contributed by atoms with E-state index >= 15 is 0 Å². The Morgan fingerprint density at radius 1 is 1.50 bits per heavy atom. The lowest BCUT2D eigenvalue weighted by Crippen LogP contribution is -2.09. The maximum atomic E-state index is 13.3. The Morgan fingerprint density at radius 2 is 2.28 bits per heavy atom. The fraction of sp³-hybridized carbons (Fsp3) is 0.308. The van der Waals surface area contributed by atoms with Gasteiger partial charge in [0.25, 0.3) is 0 Å². The molecule has 0 bridgehead atoms. The molecule has 3 rings (SSSR count). The van der Waals surface area contributed by atoms with Gasteiger partial charge < -0.3 is 9.67 Å². The quantitative estimate of drug-likeness (QED) is 0.922. The predicted molar refractivity (Wildman–Crippen MR) is 69.2 cm³/mol. The first-order valence-electron chi connectivity index (χ1n) is 5.77. The lowest BCUT2D eigenvalue weighted by molar-refractivity contribution is -0.137. The molecule has 2 aromatic rings. The molecule has 1 N–H and O–H groups in total. The third-order valence-corrected chi connectivity index (χ3v) is 4.04. The molecule has 0 unspecified atom stereocenters. The summed E-state index contributed by atoms with van der Waals surface area (Å²) in [4.78, 5) is 10.9. The molecule has 1 aliphatic heterocycles. The number of carboxylic acid groups (broad SMARTS) is 1. The van der Waals surface area contributed by atoms with E-state index in [-0.39, 0.29) is 18.3 Å². The first-order chi connectivity index (χ1) is 8.56. The molecule has 0 spiro atoms. The SMILES string of the molecule is O=C(O)C[C@H]1CCc2cc3cc(F)cc(Br)c3n21. The first kappa shape index (κ1) is 11.7. The molecule has 5 heteroatoms. The maximum Gasteiger partial charge on any atom is 0.305 e. The zero-order valence-corrected chi connectivity index (χ0v) is 11.1. The van der Waals surface area contributed by atoms with Crippen LogP contribution in [0, 0.1) is 5.82 Å². The van der Waals surface area contributed by atoms with E-state index in [4.69, 9.17) is 5.11 Å². The number of hydrogen-bond acceptors (Lipinski definition) is 1. The van der Waals surface area contributed by atoms with Gasteiger partial charge in [-0.1, -0.05) is 0 Å². The Kier molecular flexibility index (Phi) is 2.66. The Morgan fingerprint density at radius 3 is 3.00 bits per heavy atom. The van der Waals surface area contributed by atoms with Crippen LogP contribution in [-0.2, 0) is 11.2 Å². The van der Waals surface area contributed by atoms with Crippen molar-refractivity contribution in [2.24, 2.45) is 0 Å². The number of carboxylic acids is 1. The third-order valence-electron chi connectivity index (χ3n) is 3.44. The largest absolute Gasteiger partial charge is 0.481 e. The molecule has 1 aromatic carbocycles. The Balaban J connectivity index is 2.19. The van der Waals surface area contributed by atoms with Gasteiger partial charge in [-0.25, -0.2) is 4.39 Å². The minimum Gasteiger partial charge on any atom is -0.481 e. The molecule has 0 amide bonds. The van der Waals surface area contributed by atoms with Gasteiger partial charge in [0.15, 0.2) is 0 Å². The van der Waals surface area contributed by atoms with Gasteiger partial charge in [0, 0.05) is 21.6 Å². The molecule has 0 fully saturated rings. The van der Waals surface area contributed by atoms with Crippen molar-refractivity contribution in [1.82, 2.24) is 4.57 Å². The molecule has 0 saturated heterocycles. The van der Waals surface area contributed by atoms with Crippen molar-refractivity contribution in [3.63, 3.8) is 0 Å². The molecule has 0 aliphatic carbocycles. The minimum absolute atomic E-state index is 0.0308. The Bertz CT molecular complexity index is 650. The van der Waals surface area contributed by atoms with Crippen molar-refractivity contribution >= 4 is 32.8 Å². The molecule has 0 radical (unpaired) electrons. The number of halogens is 2. The monoisotopic (exact) mass is 311 g/mol. The average molecular weight is 312 g/mol. The number of aliphatic carboxylic acids is 1. The molecule has 3 nitrogen and oxygen atoms in total. The molecular formula is C13H11BrFNO2. The van der Waals surface area contributed by atoms with Gasteiger partial charge in [-0.05, 0) is 47.0 Å². The second-order valence-corrected chi connectivity index (χ2v) is 5.48. The van der Waals surface area contributed by atoms with Crippen LogP contribution in [0.4, 0.5) is 4.39 Å². The van der Waals surface area contributed by atoms with E-state index in [1.54, 1.807) is 0 Å². The zero-order chi connectivity index (χ0) is 12.9. The van der Waals surface area contributed by atoms with Crippen LogP contribution in [0.25, 0.3) is 10.9 Å². The van der Waals surface area contributed by atoms with Crippen molar-refractivity contribution in [1.29, 1.82) is 0 Å². The van der Waals surface area contributed by atoms with Crippen molar-refractivity contribution in [3.05, 3.63) is 34.2 Å². The summed E-state index contributed by atoms with van der Waals surface area (Å²) < 4.78 is 16.1. The molecule has 0 saturated carbocycles. The van der Waals surface area contributed by atoms with Crippen LogP contribution >= 0.6 is 15.9 Å². The lowest BCUT2D eigenvalue weighted by atomic mass is 10.1. The summed E-state index contributed by atoms with van der Waals surface area (Å²) in [7, 11) is 0. The van der Waals surface area contributed by atoms with Crippen LogP contribution in [0.5, 0.6) is 0 Å². The third kappa shape index (κ3) is 1.73. The summed E-state index contributed by atoms with van der Waals surface area (Å²) in [5.41, 5.74) is 1.98. The number of benzene rings is 1. The number of rotatable bonds is 2. The van der Waals surface area contributed by atoms with E-state index in [1.165, 1.54) is 12.1 Å². The number of aryl methyl sites for hydroxylation is 1. The van der Waals surface area contributed by atoms with Crippen molar-refractivity contribution in [2.45, 2.75) is 25.3 Å². The van der Waals surface area contributed by atoms with Gasteiger partial charge in [0.1, 0.15) is 5.82 Å². The smallest absolute Gasteiger partial charge is 0.305 e. The standard InChI is InChI=1S/C13H11BrFNO2/c14-11-5-8(15)3-7-4-9-1-2-10(6-12(17)18)16(9)13(7)11/h3-5,10H,1-2,6H2,(H,17,18)/t10-/m1/s1. The summed E-state index contributed by atoms with van der Waals surface area (Å²) in [6.07, 6.45) is 1.79. The fourth-order valence-corrected chi connectivity index (χ4v) is 3.43. The highest BCUT2D eigenvalue weighted by Gasteiger charge is 2.27. The van der Waals surface area contributed by atoms with Gasteiger partial charge >= 0.3 is 5.97 Å². The number of fused-ring (bicyclic) bond motifs is 3. The zero-order valence-electron chi connectivity index (χ0n) is 9.49. The average Bonchev–Trinajstić information content (AvgIpc) is 2.77. The van der Waals surface area contributed by atoms with Crippen LogP contribution in [0.3, 0.4) is 0 Å². The van der Waals surface area contributed by atoms with Crippen LogP contribution in [-0.4, -0.2) is 15.6 Å². The first-order valence-corrected chi connectivity index (χ1v) is 6.56. The number of hydrogen-bond donors (Lipinski definition) is 1.